The molecular formula is C14H20FN. The van der Waals surface area contributed by atoms with Gasteiger partial charge in [0, 0.05) is 11.6 Å². The normalized spacial score (nSPS) is 17.4. The molecule has 1 nitrogen and oxygen atoms in total. The molecule has 0 amide bonds. The Hall–Kier alpha value is -0.890. The maximum absolute atomic E-state index is 13.7. The second kappa shape index (κ2) is 5.44. The van der Waals surface area contributed by atoms with E-state index in [4.69, 9.17) is 0 Å². The van der Waals surface area contributed by atoms with Crippen molar-refractivity contribution in [2.45, 2.75) is 38.6 Å². The third-order valence-electron chi connectivity index (χ3n) is 3.19. The van der Waals surface area contributed by atoms with Crippen LogP contribution in [0.1, 0.15) is 44.2 Å². The summed E-state index contributed by atoms with van der Waals surface area (Å²) in [6.07, 6.45) is 4.81. The predicted octanol–water partition coefficient (Wildman–Crippen LogP) is 3.67. The fourth-order valence-corrected chi connectivity index (χ4v) is 2.08. The highest BCUT2D eigenvalue weighted by molar-refractivity contribution is 5.21. The maximum Gasteiger partial charge on any atom is 0.127 e. The van der Waals surface area contributed by atoms with Gasteiger partial charge in [-0.2, -0.15) is 0 Å². The van der Waals surface area contributed by atoms with Crippen LogP contribution in [-0.4, -0.2) is 6.54 Å². The van der Waals surface area contributed by atoms with Crippen molar-refractivity contribution in [3.05, 3.63) is 35.6 Å². The zero-order valence-corrected chi connectivity index (χ0v) is 9.88. The molecule has 1 saturated carbocycles. The molecule has 0 aromatic heterocycles. The summed E-state index contributed by atoms with van der Waals surface area (Å²) in [4.78, 5) is 0. The first-order chi connectivity index (χ1) is 7.81. The summed E-state index contributed by atoms with van der Waals surface area (Å²) in [6, 6.07) is 7.35. The lowest BCUT2D eigenvalue weighted by atomic mass is 10.0. The van der Waals surface area contributed by atoms with Crippen LogP contribution in [0, 0.1) is 11.7 Å². The monoisotopic (exact) mass is 221 g/mol. The van der Waals surface area contributed by atoms with Gasteiger partial charge in [0.1, 0.15) is 5.82 Å². The van der Waals surface area contributed by atoms with Crippen molar-refractivity contribution in [2.75, 3.05) is 6.54 Å². The van der Waals surface area contributed by atoms with Gasteiger partial charge in [-0.3, -0.25) is 0 Å². The van der Waals surface area contributed by atoms with Gasteiger partial charge in [-0.25, -0.2) is 4.39 Å². The minimum absolute atomic E-state index is 0.0725. The summed E-state index contributed by atoms with van der Waals surface area (Å²) in [6.45, 7) is 3.11. The third-order valence-corrected chi connectivity index (χ3v) is 3.19. The molecule has 88 valence electrons. The van der Waals surface area contributed by atoms with E-state index in [0.717, 1.165) is 30.9 Å². The molecule has 0 heterocycles. The summed E-state index contributed by atoms with van der Waals surface area (Å²) in [7, 11) is 0. The molecule has 1 aliphatic carbocycles. The molecule has 1 fully saturated rings. The van der Waals surface area contributed by atoms with Crippen molar-refractivity contribution in [3.63, 3.8) is 0 Å². The summed E-state index contributed by atoms with van der Waals surface area (Å²) in [5, 5.41) is 3.46. The van der Waals surface area contributed by atoms with Crippen LogP contribution in [0.15, 0.2) is 24.3 Å². The molecule has 1 aromatic carbocycles. The van der Waals surface area contributed by atoms with Gasteiger partial charge in [0.25, 0.3) is 0 Å². The molecule has 0 aliphatic heterocycles. The quantitative estimate of drug-likeness (QED) is 0.773. The van der Waals surface area contributed by atoms with Crippen molar-refractivity contribution < 1.29 is 4.39 Å². The van der Waals surface area contributed by atoms with Crippen LogP contribution in [0.4, 0.5) is 4.39 Å². The topological polar surface area (TPSA) is 12.0 Å². The predicted molar refractivity (Wildman–Crippen MR) is 64.8 cm³/mol. The van der Waals surface area contributed by atoms with Gasteiger partial charge in [0.15, 0.2) is 0 Å². The first-order valence-electron chi connectivity index (χ1n) is 6.29. The van der Waals surface area contributed by atoms with Crippen molar-refractivity contribution in [1.29, 1.82) is 0 Å². The summed E-state index contributed by atoms with van der Waals surface area (Å²) in [5.41, 5.74) is 0.836. The number of hydrogen-bond donors (Lipinski definition) is 1. The zero-order valence-electron chi connectivity index (χ0n) is 9.88. The molecule has 1 aromatic rings. The lowest BCUT2D eigenvalue weighted by Crippen LogP contribution is -2.23. The Bertz CT molecular complexity index is 333. The van der Waals surface area contributed by atoms with Crippen molar-refractivity contribution in [1.82, 2.24) is 5.32 Å². The smallest absolute Gasteiger partial charge is 0.127 e. The van der Waals surface area contributed by atoms with E-state index in [1.807, 2.05) is 12.1 Å². The SMILES string of the molecule is CCCNC(CC1CC1)c1ccccc1F. The van der Waals surface area contributed by atoms with Crippen LogP contribution in [0.5, 0.6) is 0 Å². The highest BCUT2D eigenvalue weighted by Gasteiger charge is 2.27. The van der Waals surface area contributed by atoms with Gasteiger partial charge in [0.2, 0.25) is 0 Å². The molecule has 1 atom stereocenters. The number of rotatable bonds is 6. The molecule has 2 rings (SSSR count). The van der Waals surface area contributed by atoms with Crippen LogP contribution < -0.4 is 5.32 Å². The fourth-order valence-electron chi connectivity index (χ4n) is 2.08. The van der Waals surface area contributed by atoms with E-state index < -0.39 is 0 Å². The van der Waals surface area contributed by atoms with E-state index in [1.54, 1.807) is 12.1 Å². The molecular weight excluding hydrogens is 201 g/mol. The Labute approximate surface area is 97.1 Å². The molecule has 0 bridgehead atoms. The number of halogens is 1. The van der Waals surface area contributed by atoms with Crippen LogP contribution >= 0.6 is 0 Å². The molecule has 0 radical (unpaired) electrons. The Kier molecular flexibility index (Phi) is 3.94. The summed E-state index contributed by atoms with van der Waals surface area (Å²) in [5.74, 6) is 0.741. The van der Waals surface area contributed by atoms with E-state index in [-0.39, 0.29) is 11.9 Å². The average Bonchev–Trinajstić information content (AvgIpc) is 3.09. The van der Waals surface area contributed by atoms with Crippen LogP contribution in [0.3, 0.4) is 0 Å². The molecule has 0 saturated heterocycles. The van der Waals surface area contributed by atoms with Gasteiger partial charge < -0.3 is 5.32 Å². The van der Waals surface area contributed by atoms with Gasteiger partial charge in [-0.1, -0.05) is 38.0 Å². The summed E-state index contributed by atoms with van der Waals surface area (Å²) >= 11 is 0. The molecule has 2 heteroatoms. The average molecular weight is 221 g/mol. The second-order valence-corrected chi connectivity index (χ2v) is 4.71. The molecule has 1 N–H and O–H groups in total. The Morgan fingerprint density at radius 2 is 2.12 bits per heavy atom. The highest BCUT2D eigenvalue weighted by atomic mass is 19.1. The third kappa shape index (κ3) is 3.05. The van der Waals surface area contributed by atoms with Gasteiger partial charge in [0.05, 0.1) is 0 Å². The molecule has 16 heavy (non-hydrogen) atoms. The van der Waals surface area contributed by atoms with Crippen LogP contribution in [-0.2, 0) is 0 Å². The summed E-state index contributed by atoms with van der Waals surface area (Å²) < 4.78 is 13.7. The molecule has 0 spiro atoms. The maximum atomic E-state index is 13.7. The van der Waals surface area contributed by atoms with Gasteiger partial charge in [-0.05, 0) is 31.4 Å². The van der Waals surface area contributed by atoms with Crippen molar-refractivity contribution >= 4 is 0 Å². The standard InChI is InChI=1S/C14H20FN/c1-2-9-16-14(10-11-7-8-11)12-5-3-4-6-13(12)15/h3-6,11,14,16H,2,7-10H2,1H3. The van der Waals surface area contributed by atoms with Gasteiger partial charge in [-0.15, -0.1) is 0 Å². The van der Waals surface area contributed by atoms with Crippen molar-refractivity contribution in [2.24, 2.45) is 5.92 Å². The van der Waals surface area contributed by atoms with Crippen molar-refractivity contribution in [3.8, 4) is 0 Å². The number of hydrogen-bond acceptors (Lipinski definition) is 1. The van der Waals surface area contributed by atoms with E-state index >= 15 is 0 Å². The van der Waals surface area contributed by atoms with Crippen LogP contribution in [0.25, 0.3) is 0 Å². The van der Waals surface area contributed by atoms with Crippen LogP contribution in [0.2, 0.25) is 0 Å². The minimum Gasteiger partial charge on any atom is -0.310 e. The van der Waals surface area contributed by atoms with E-state index in [1.165, 1.54) is 12.8 Å². The molecule has 1 unspecified atom stereocenters. The second-order valence-electron chi connectivity index (χ2n) is 4.71. The largest absolute Gasteiger partial charge is 0.310 e. The molecule has 1 aliphatic rings. The van der Waals surface area contributed by atoms with E-state index in [0.29, 0.717) is 0 Å². The zero-order chi connectivity index (χ0) is 11.4. The fraction of sp³-hybridized carbons (Fsp3) is 0.571. The van der Waals surface area contributed by atoms with E-state index in [2.05, 4.69) is 12.2 Å². The lowest BCUT2D eigenvalue weighted by molar-refractivity contribution is 0.453. The number of benzene rings is 1. The van der Waals surface area contributed by atoms with E-state index in [9.17, 15) is 4.39 Å². The Morgan fingerprint density at radius 3 is 2.75 bits per heavy atom. The van der Waals surface area contributed by atoms with Gasteiger partial charge >= 0.3 is 0 Å². The Morgan fingerprint density at radius 1 is 1.38 bits per heavy atom. The highest BCUT2D eigenvalue weighted by Crippen LogP contribution is 2.38. The first kappa shape index (κ1) is 11.6. The Balaban J connectivity index is 2.06. The minimum atomic E-state index is -0.0725. The first-order valence-corrected chi connectivity index (χ1v) is 6.29. The number of nitrogens with one attached hydrogen (secondary N) is 1. The lowest BCUT2D eigenvalue weighted by Gasteiger charge is -2.19.